The number of ether oxygens (including phenoxy) is 1. The molecule has 0 unspecified atom stereocenters. The minimum absolute atomic E-state index is 0.246. The molecule has 1 aliphatic carbocycles. The summed E-state index contributed by atoms with van der Waals surface area (Å²) in [6, 6.07) is 5.25. The number of benzene rings is 1. The molecule has 0 spiro atoms. The van der Waals surface area contributed by atoms with Gasteiger partial charge in [0.1, 0.15) is 5.75 Å². The lowest BCUT2D eigenvalue weighted by Crippen LogP contribution is -2.30. The van der Waals surface area contributed by atoms with Crippen LogP contribution in [0.25, 0.3) is 0 Å². The van der Waals surface area contributed by atoms with Crippen LogP contribution in [0.5, 0.6) is 5.75 Å². The number of hydrogen-bond donors (Lipinski definition) is 2. The van der Waals surface area contributed by atoms with Crippen LogP contribution in [0.1, 0.15) is 19.3 Å². The summed E-state index contributed by atoms with van der Waals surface area (Å²) in [7, 11) is 1.55. The molecular weight excluding hydrogens is 326 g/mol. The zero-order valence-corrected chi connectivity index (χ0v) is 12.6. The van der Waals surface area contributed by atoms with Crippen LogP contribution < -0.4 is 10.1 Å². The van der Waals surface area contributed by atoms with E-state index in [4.69, 9.17) is 9.84 Å². The van der Waals surface area contributed by atoms with Crippen molar-refractivity contribution in [3.8, 4) is 5.75 Å². The third kappa shape index (κ3) is 3.12. The van der Waals surface area contributed by atoms with Gasteiger partial charge in [0.15, 0.2) is 0 Å². The van der Waals surface area contributed by atoms with Crippen LogP contribution in [0.4, 0.5) is 5.69 Å². The Morgan fingerprint density at radius 3 is 2.70 bits per heavy atom. The summed E-state index contributed by atoms with van der Waals surface area (Å²) in [5.74, 6) is -1.56. The lowest BCUT2D eigenvalue weighted by atomic mass is 9.95. The molecule has 5 nitrogen and oxygen atoms in total. The van der Waals surface area contributed by atoms with Crippen LogP contribution in [-0.4, -0.2) is 24.1 Å². The molecule has 1 aliphatic rings. The number of rotatable bonds is 4. The average Bonchev–Trinajstić information content (AvgIpc) is 2.90. The van der Waals surface area contributed by atoms with E-state index in [2.05, 4.69) is 21.2 Å². The number of methoxy groups -OCH3 is 1. The van der Waals surface area contributed by atoms with Crippen LogP contribution >= 0.6 is 15.9 Å². The van der Waals surface area contributed by atoms with Gasteiger partial charge in [-0.3, -0.25) is 9.59 Å². The number of carbonyl (C=O) groups excluding carboxylic acids is 1. The monoisotopic (exact) mass is 341 g/mol. The predicted octanol–water partition coefficient (Wildman–Crippen LogP) is 2.90. The van der Waals surface area contributed by atoms with Crippen molar-refractivity contribution >= 4 is 33.5 Å². The number of carboxylic acids is 1. The van der Waals surface area contributed by atoms with Gasteiger partial charge < -0.3 is 15.2 Å². The van der Waals surface area contributed by atoms with Crippen molar-refractivity contribution in [1.29, 1.82) is 0 Å². The highest BCUT2D eigenvalue weighted by atomic mass is 79.9. The maximum atomic E-state index is 12.2. The fourth-order valence-electron chi connectivity index (χ4n) is 2.52. The molecule has 108 valence electrons. The highest BCUT2D eigenvalue weighted by molar-refractivity contribution is 9.10. The fraction of sp³-hybridized carbons (Fsp3) is 0.429. The molecule has 2 atom stereocenters. The molecular formula is C14H16BrNO4. The number of carboxylic acid groups (broad SMARTS) is 1. The molecule has 20 heavy (non-hydrogen) atoms. The second-order valence-corrected chi connectivity index (χ2v) is 5.67. The summed E-state index contributed by atoms with van der Waals surface area (Å²) in [6.07, 6.45) is 1.95. The number of amides is 1. The summed E-state index contributed by atoms with van der Waals surface area (Å²) in [6.45, 7) is 0. The maximum absolute atomic E-state index is 12.2. The van der Waals surface area contributed by atoms with E-state index in [1.54, 1.807) is 25.3 Å². The Labute approximate surface area is 125 Å². The Morgan fingerprint density at radius 2 is 2.05 bits per heavy atom. The summed E-state index contributed by atoms with van der Waals surface area (Å²) < 4.78 is 5.84. The Morgan fingerprint density at radius 1 is 1.35 bits per heavy atom. The number of hydrogen-bond acceptors (Lipinski definition) is 3. The van der Waals surface area contributed by atoms with Crippen molar-refractivity contribution in [2.75, 3.05) is 12.4 Å². The summed E-state index contributed by atoms with van der Waals surface area (Å²) >= 11 is 3.35. The Bertz CT molecular complexity index is 532. The summed E-state index contributed by atoms with van der Waals surface area (Å²) in [4.78, 5) is 23.4. The molecule has 1 fully saturated rings. The van der Waals surface area contributed by atoms with Crippen molar-refractivity contribution in [3.63, 3.8) is 0 Å². The second kappa shape index (κ2) is 6.26. The molecule has 2 N–H and O–H groups in total. The van der Waals surface area contributed by atoms with Gasteiger partial charge in [0.05, 0.1) is 24.6 Å². The smallest absolute Gasteiger partial charge is 0.307 e. The molecule has 0 aliphatic heterocycles. The van der Waals surface area contributed by atoms with Gasteiger partial charge >= 0.3 is 5.97 Å². The lowest BCUT2D eigenvalue weighted by molar-refractivity contribution is -0.145. The molecule has 1 saturated carbocycles. The van der Waals surface area contributed by atoms with Crippen LogP contribution in [0.3, 0.4) is 0 Å². The zero-order valence-electron chi connectivity index (χ0n) is 11.1. The van der Waals surface area contributed by atoms with E-state index in [1.165, 1.54) is 0 Å². The maximum Gasteiger partial charge on any atom is 0.307 e. The first kappa shape index (κ1) is 14.8. The second-order valence-electron chi connectivity index (χ2n) is 4.82. The van der Waals surface area contributed by atoms with Crippen molar-refractivity contribution in [1.82, 2.24) is 0 Å². The van der Waals surface area contributed by atoms with Crippen molar-refractivity contribution < 1.29 is 19.4 Å². The summed E-state index contributed by atoms with van der Waals surface area (Å²) in [5, 5.41) is 11.9. The van der Waals surface area contributed by atoms with E-state index in [9.17, 15) is 9.59 Å². The van der Waals surface area contributed by atoms with Crippen LogP contribution in [0.2, 0.25) is 0 Å². The van der Waals surface area contributed by atoms with Gasteiger partial charge in [-0.15, -0.1) is 0 Å². The third-order valence-electron chi connectivity index (χ3n) is 3.60. The first-order valence-corrected chi connectivity index (χ1v) is 7.19. The molecule has 1 aromatic rings. The van der Waals surface area contributed by atoms with Crippen molar-refractivity contribution in [2.24, 2.45) is 11.8 Å². The predicted molar refractivity (Wildman–Crippen MR) is 77.8 cm³/mol. The van der Waals surface area contributed by atoms with E-state index < -0.39 is 17.8 Å². The molecule has 0 bridgehead atoms. The van der Waals surface area contributed by atoms with Crippen LogP contribution in [0.15, 0.2) is 22.7 Å². The largest absolute Gasteiger partial charge is 0.497 e. The highest BCUT2D eigenvalue weighted by Gasteiger charge is 2.37. The molecule has 1 aromatic carbocycles. The van der Waals surface area contributed by atoms with Gasteiger partial charge in [0.25, 0.3) is 0 Å². The molecule has 6 heteroatoms. The van der Waals surface area contributed by atoms with Gasteiger partial charge in [-0.05, 0) is 40.9 Å². The third-order valence-corrected chi connectivity index (χ3v) is 4.29. The van der Waals surface area contributed by atoms with Crippen LogP contribution in [-0.2, 0) is 9.59 Å². The minimum atomic E-state index is -0.896. The van der Waals surface area contributed by atoms with E-state index in [1.807, 2.05) is 0 Å². The minimum Gasteiger partial charge on any atom is -0.497 e. The Balaban J connectivity index is 2.13. The number of anilines is 1. The van der Waals surface area contributed by atoms with E-state index in [0.29, 0.717) is 24.3 Å². The quantitative estimate of drug-likeness (QED) is 0.882. The Hall–Kier alpha value is -1.56. The van der Waals surface area contributed by atoms with E-state index >= 15 is 0 Å². The Kier molecular flexibility index (Phi) is 4.65. The number of halogens is 1. The first-order valence-electron chi connectivity index (χ1n) is 6.40. The van der Waals surface area contributed by atoms with Gasteiger partial charge in [-0.1, -0.05) is 6.42 Å². The van der Waals surface area contributed by atoms with Gasteiger partial charge in [0.2, 0.25) is 5.91 Å². The molecule has 2 rings (SSSR count). The van der Waals surface area contributed by atoms with E-state index in [-0.39, 0.29) is 5.91 Å². The number of aliphatic carboxylic acids is 1. The molecule has 0 radical (unpaired) electrons. The first-order chi connectivity index (χ1) is 9.52. The average molecular weight is 342 g/mol. The molecule has 0 heterocycles. The topological polar surface area (TPSA) is 75.6 Å². The van der Waals surface area contributed by atoms with Gasteiger partial charge in [-0.25, -0.2) is 0 Å². The van der Waals surface area contributed by atoms with Crippen LogP contribution in [0, 0.1) is 11.8 Å². The summed E-state index contributed by atoms with van der Waals surface area (Å²) in [5.41, 5.74) is 0.588. The standard InChI is InChI=1S/C14H16BrNO4/c1-20-8-5-6-11(15)12(7-8)16-13(17)9-3-2-4-10(9)14(18)19/h5-7,9-10H,2-4H2,1H3,(H,16,17)(H,18,19)/t9-,10+/m1/s1. The molecule has 0 aromatic heterocycles. The van der Waals surface area contributed by atoms with Gasteiger partial charge in [0, 0.05) is 10.5 Å². The fourth-order valence-corrected chi connectivity index (χ4v) is 2.87. The highest BCUT2D eigenvalue weighted by Crippen LogP contribution is 2.34. The SMILES string of the molecule is COc1ccc(Br)c(NC(=O)[C@@H]2CCC[C@@H]2C(=O)O)c1. The number of carbonyl (C=O) groups is 2. The molecule has 1 amide bonds. The van der Waals surface area contributed by atoms with Gasteiger partial charge in [-0.2, -0.15) is 0 Å². The van der Waals surface area contributed by atoms with E-state index in [0.717, 1.165) is 10.9 Å². The normalized spacial score (nSPS) is 21.5. The zero-order chi connectivity index (χ0) is 14.7. The van der Waals surface area contributed by atoms with Crippen molar-refractivity contribution in [2.45, 2.75) is 19.3 Å². The number of nitrogens with one attached hydrogen (secondary N) is 1. The lowest BCUT2D eigenvalue weighted by Gasteiger charge is -2.16. The molecule has 0 saturated heterocycles. The van der Waals surface area contributed by atoms with Crippen molar-refractivity contribution in [3.05, 3.63) is 22.7 Å².